The smallest absolute Gasteiger partial charge is 0.134 e. The maximum Gasteiger partial charge on any atom is 0.134 e. The minimum absolute atomic E-state index is 0.754. The fraction of sp³-hybridized carbons (Fsp3) is 0.0250. The zero-order chi connectivity index (χ0) is 27.9. The topological polar surface area (TPSA) is 24.4 Å². The average molecular weight is 537 g/mol. The molecule has 42 heavy (non-hydrogen) atoms. The van der Waals surface area contributed by atoms with Crippen LogP contribution in [-0.2, 0) is 0 Å². The lowest BCUT2D eigenvalue weighted by Crippen LogP contribution is -2.27. The lowest BCUT2D eigenvalue weighted by Gasteiger charge is -2.17. The highest BCUT2D eigenvalue weighted by Gasteiger charge is 2.14. The molecule has 1 aliphatic heterocycles. The predicted molar refractivity (Wildman–Crippen MR) is 179 cm³/mol. The van der Waals surface area contributed by atoms with Crippen molar-refractivity contribution < 1.29 is 0 Å². The Bertz CT molecular complexity index is 2150. The van der Waals surface area contributed by atoms with Gasteiger partial charge in [0.25, 0.3) is 0 Å². The maximum atomic E-state index is 4.99. The normalized spacial score (nSPS) is 13.1. The minimum atomic E-state index is 0.754. The molecule has 0 atom stereocenters. The molecule has 0 fully saturated rings. The largest absolute Gasteiger partial charge is 0.366 e. The third-order valence-electron chi connectivity index (χ3n) is 8.30. The molecule has 8 rings (SSSR count). The van der Waals surface area contributed by atoms with Crippen molar-refractivity contribution in [2.24, 2.45) is 4.99 Å². The fourth-order valence-corrected chi connectivity index (χ4v) is 6.30. The second-order valence-electron chi connectivity index (χ2n) is 10.8. The number of nitrogens with one attached hydrogen (secondary N) is 1. The molecular weight excluding hydrogens is 508 g/mol. The summed E-state index contributed by atoms with van der Waals surface area (Å²) in [4.78, 5) is 4.99. The molecule has 7 aromatic carbocycles. The van der Waals surface area contributed by atoms with E-state index in [1.165, 1.54) is 54.6 Å². The summed E-state index contributed by atoms with van der Waals surface area (Å²) in [5.41, 5.74) is 8.05. The summed E-state index contributed by atoms with van der Waals surface area (Å²) in [5.74, 6) is 0.912. The van der Waals surface area contributed by atoms with Gasteiger partial charge in [0.15, 0.2) is 0 Å². The van der Waals surface area contributed by atoms with Crippen LogP contribution in [0.5, 0.6) is 0 Å². The van der Waals surface area contributed by atoms with Crippen LogP contribution in [-0.4, -0.2) is 12.4 Å². The number of rotatable bonds is 4. The van der Waals surface area contributed by atoms with Crippen molar-refractivity contribution in [3.05, 3.63) is 163 Å². The van der Waals surface area contributed by atoms with E-state index in [9.17, 15) is 0 Å². The number of aliphatic imine (C=N–C) groups is 1. The third kappa shape index (κ3) is 4.17. The van der Waals surface area contributed by atoms with Crippen LogP contribution in [0.3, 0.4) is 0 Å². The van der Waals surface area contributed by atoms with Crippen molar-refractivity contribution in [3.8, 4) is 22.3 Å². The summed E-state index contributed by atoms with van der Waals surface area (Å²) >= 11 is 0. The summed E-state index contributed by atoms with van der Waals surface area (Å²) in [6, 6.07) is 52.3. The van der Waals surface area contributed by atoms with E-state index >= 15 is 0 Å². The summed E-state index contributed by atoms with van der Waals surface area (Å²) in [6.07, 6.45) is 2.16. The monoisotopic (exact) mass is 536 g/mol. The zero-order valence-corrected chi connectivity index (χ0v) is 23.1. The first-order valence-corrected chi connectivity index (χ1v) is 14.4. The molecule has 198 valence electrons. The van der Waals surface area contributed by atoms with Gasteiger partial charge in [0.05, 0.1) is 5.70 Å². The SMILES string of the molecule is C1=C(c2cccc(-c3ccccc3-c3ccc4c5ccccc5c5ccccc5c4c3)c2)N=C(c2ccccc2)NC1. The lowest BCUT2D eigenvalue weighted by molar-refractivity contribution is 1.02. The van der Waals surface area contributed by atoms with E-state index in [1.807, 2.05) is 18.2 Å². The molecule has 0 aliphatic carbocycles. The number of benzene rings is 7. The molecule has 0 amide bonds. The first-order valence-electron chi connectivity index (χ1n) is 14.4. The molecule has 1 aliphatic rings. The van der Waals surface area contributed by atoms with Crippen molar-refractivity contribution in [2.75, 3.05) is 6.54 Å². The molecule has 0 radical (unpaired) electrons. The third-order valence-corrected chi connectivity index (χ3v) is 8.30. The Labute approximate surface area is 245 Å². The molecule has 0 unspecified atom stereocenters. The van der Waals surface area contributed by atoms with Crippen molar-refractivity contribution in [1.82, 2.24) is 5.32 Å². The van der Waals surface area contributed by atoms with Crippen molar-refractivity contribution in [1.29, 1.82) is 0 Å². The Morgan fingerprint density at radius 3 is 1.62 bits per heavy atom. The Kier molecular flexibility index (Phi) is 5.89. The summed E-state index contributed by atoms with van der Waals surface area (Å²) in [6.45, 7) is 0.754. The van der Waals surface area contributed by atoms with Gasteiger partial charge in [0.2, 0.25) is 0 Å². The van der Waals surface area contributed by atoms with E-state index in [2.05, 4.69) is 139 Å². The van der Waals surface area contributed by atoms with Gasteiger partial charge in [-0.05, 0) is 72.8 Å². The van der Waals surface area contributed by atoms with Gasteiger partial charge in [-0.1, -0.05) is 133 Å². The van der Waals surface area contributed by atoms with E-state index in [0.29, 0.717) is 0 Å². The Hall–Kier alpha value is -5.47. The van der Waals surface area contributed by atoms with Gasteiger partial charge < -0.3 is 5.32 Å². The number of hydrogen-bond donors (Lipinski definition) is 1. The van der Waals surface area contributed by atoms with E-state index in [1.54, 1.807) is 0 Å². The highest BCUT2D eigenvalue weighted by atomic mass is 15.0. The lowest BCUT2D eigenvalue weighted by atomic mass is 9.89. The molecular formula is C40H28N2. The van der Waals surface area contributed by atoms with Crippen molar-refractivity contribution >= 4 is 43.9 Å². The molecule has 0 spiro atoms. The summed E-state index contributed by atoms with van der Waals surface area (Å²) in [7, 11) is 0. The van der Waals surface area contributed by atoms with Crippen LogP contribution in [0.4, 0.5) is 0 Å². The number of amidine groups is 1. The summed E-state index contributed by atoms with van der Waals surface area (Å²) in [5, 5.41) is 11.2. The molecule has 0 bridgehead atoms. The van der Waals surface area contributed by atoms with E-state index in [4.69, 9.17) is 4.99 Å². The van der Waals surface area contributed by atoms with E-state index in [-0.39, 0.29) is 0 Å². The Morgan fingerprint density at radius 1 is 0.405 bits per heavy atom. The molecule has 2 nitrogen and oxygen atoms in total. The molecule has 0 saturated carbocycles. The van der Waals surface area contributed by atoms with Crippen LogP contribution in [0.15, 0.2) is 157 Å². The van der Waals surface area contributed by atoms with Crippen LogP contribution in [0, 0.1) is 0 Å². The Balaban J connectivity index is 1.25. The van der Waals surface area contributed by atoms with Crippen LogP contribution < -0.4 is 5.32 Å². The van der Waals surface area contributed by atoms with Gasteiger partial charge in [0, 0.05) is 17.7 Å². The molecule has 7 aromatic rings. The Morgan fingerprint density at radius 2 is 0.929 bits per heavy atom. The van der Waals surface area contributed by atoms with E-state index in [0.717, 1.165) is 29.2 Å². The van der Waals surface area contributed by atoms with Gasteiger partial charge in [-0.2, -0.15) is 0 Å². The molecule has 1 heterocycles. The first kappa shape index (κ1) is 24.3. The molecule has 0 aromatic heterocycles. The zero-order valence-electron chi connectivity index (χ0n) is 23.1. The van der Waals surface area contributed by atoms with Crippen LogP contribution in [0.2, 0.25) is 0 Å². The summed E-state index contributed by atoms with van der Waals surface area (Å²) < 4.78 is 0. The number of hydrogen-bond acceptors (Lipinski definition) is 2. The second-order valence-corrected chi connectivity index (χ2v) is 10.8. The van der Waals surface area contributed by atoms with Gasteiger partial charge in [0.1, 0.15) is 5.84 Å². The van der Waals surface area contributed by atoms with Crippen molar-refractivity contribution in [3.63, 3.8) is 0 Å². The first-order chi connectivity index (χ1) is 20.8. The predicted octanol–water partition coefficient (Wildman–Crippen LogP) is 9.87. The fourth-order valence-electron chi connectivity index (χ4n) is 6.30. The van der Waals surface area contributed by atoms with Crippen LogP contribution in [0.25, 0.3) is 60.3 Å². The highest BCUT2D eigenvalue weighted by Crippen LogP contribution is 2.39. The van der Waals surface area contributed by atoms with Gasteiger partial charge in [-0.3, -0.25) is 0 Å². The molecule has 1 N–H and O–H groups in total. The van der Waals surface area contributed by atoms with Crippen molar-refractivity contribution in [2.45, 2.75) is 0 Å². The highest BCUT2D eigenvalue weighted by molar-refractivity contribution is 6.25. The van der Waals surface area contributed by atoms with Crippen LogP contribution in [0.1, 0.15) is 11.1 Å². The molecule has 0 saturated heterocycles. The maximum absolute atomic E-state index is 4.99. The minimum Gasteiger partial charge on any atom is -0.366 e. The standard InChI is InChI=1S/C40H28N2/c1-2-11-27(12-3-1)40-41-24-23-39(42-40)30-14-10-13-28(25-30)31-15-4-5-16-32(31)29-21-22-37-35-19-7-6-17-33(35)34-18-8-9-20-36(34)38(37)26-29/h1-23,25-26H,24H2,(H,41,42). The number of fused-ring (bicyclic) bond motifs is 6. The quantitative estimate of drug-likeness (QED) is 0.222. The van der Waals surface area contributed by atoms with E-state index < -0.39 is 0 Å². The van der Waals surface area contributed by atoms with Gasteiger partial charge in [-0.15, -0.1) is 0 Å². The van der Waals surface area contributed by atoms with Crippen LogP contribution >= 0.6 is 0 Å². The van der Waals surface area contributed by atoms with Gasteiger partial charge >= 0.3 is 0 Å². The second kappa shape index (κ2) is 10.2. The van der Waals surface area contributed by atoms with Gasteiger partial charge in [-0.25, -0.2) is 4.99 Å². The molecule has 2 heteroatoms. The number of nitrogens with zero attached hydrogens (tertiary/aromatic N) is 1. The average Bonchev–Trinajstić information content (AvgIpc) is 3.09.